The van der Waals surface area contributed by atoms with Crippen molar-refractivity contribution in [1.82, 2.24) is 24.6 Å². The molecule has 25 heavy (non-hydrogen) atoms. The van der Waals surface area contributed by atoms with Crippen LogP contribution in [0.1, 0.15) is 41.0 Å². The van der Waals surface area contributed by atoms with Gasteiger partial charge in [-0.15, -0.1) is 0 Å². The maximum absolute atomic E-state index is 12.6. The Hall–Kier alpha value is -2.28. The van der Waals surface area contributed by atoms with Gasteiger partial charge in [-0.1, -0.05) is 0 Å². The van der Waals surface area contributed by atoms with Crippen LogP contribution in [0.25, 0.3) is 0 Å². The molecule has 0 saturated carbocycles. The molecule has 0 bridgehead atoms. The van der Waals surface area contributed by atoms with Crippen molar-refractivity contribution in [3.05, 3.63) is 40.7 Å². The molecular formula is C18H25N5O2. The van der Waals surface area contributed by atoms with Gasteiger partial charge in [-0.25, -0.2) is 9.97 Å². The van der Waals surface area contributed by atoms with Crippen molar-refractivity contribution in [3.63, 3.8) is 0 Å². The zero-order valence-electron chi connectivity index (χ0n) is 15.3. The second kappa shape index (κ2) is 7.31. The second-order valence-electron chi connectivity index (χ2n) is 6.56. The Kier molecular flexibility index (Phi) is 5.13. The quantitative estimate of drug-likeness (QED) is 0.844. The summed E-state index contributed by atoms with van der Waals surface area (Å²) in [5.74, 6) is 0.883. The SMILES string of the molecule is Cc1cc([C@@H]2CN(C(=O)CCc3cnn(C)c3C)CCO2)nc(C)n1. The Bertz CT molecular complexity index is 751. The van der Waals surface area contributed by atoms with Gasteiger partial charge in [0.2, 0.25) is 5.91 Å². The number of carbonyl (C=O) groups excluding carboxylic acids is 1. The topological polar surface area (TPSA) is 73.1 Å². The first-order valence-corrected chi connectivity index (χ1v) is 8.63. The summed E-state index contributed by atoms with van der Waals surface area (Å²) >= 11 is 0. The van der Waals surface area contributed by atoms with Gasteiger partial charge in [0.25, 0.3) is 0 Å². The smallest absolute Gasteiger partial charge is 0.223 e. The van der Waals surface area contributed by atoms with Crippen molar-refractivity contribution in [3.8, 4) is 0 Å². The van der Waals surface area contributed by atoms with Gasteiger partial charge in [-0.2, -0.15) is 5.10 Å². The van der Waals surface area contributed by atoms with E-state index < -0.39 is 0 Å². The number of morpholine rings is 1. The van der Waals surface area contributed by atoms with Crippen molar-refractivity contribution < 1.29 is 9.53 Å². The third kappa shape index (κ3) is 4.04. The zero-order valence-corrected chi connectivity index (χ0v) is 15.3. The van der Waals surface area contributed by atoms with Crippen LogP contribution in [-0.2, 0) is 23.0 Å². The summed E-state index contributed by atoms with van der Waals surface area (Å²) in [5.41, 5.74) is 4.01. The molecule has 1 atom stereocenters. The van der Waals surface area contributed by atoms with Gasteiger partial charge < -0.3 is 9.64 Å². The number of ether oxygens (including phenoxy) is 1. The molecule has 1 fully saturated rings. The Morgan fingerprint density at radius 2 is 2.12 bits per heavy atom. The normalized spacial score (nSPS) is 17.8. The van der Waals surface area contributed by atoms with E-state index in [9.17, 15) is 4.79 Å². The number of carbonyl (C=O) groups is 1. The van der Waals surface area contributed by atoms with Gasteiger partial charge in [0.15, 0.2) is 0 Å². The van der Waals surface area contributed by atoms with Crippen LogP contribution in [0, 0.1) is 20.8 Å². The Morgan fingerprint density at radius 3 is 2.80 bits per heavy atom. The number of amides is 1. The van der Waals surface area contributed by atoms with Crippen LogP contribution >= 0.6 is 0 Å². The number of aromatic nitrogens is 4. The number of nitrogens with zero attached hydrogens (tertiary/aromatic N) is 5. The van der Waals surface area contributed by atoms with Gasteiger partial charge in [0, 0.05) is 31.4 Å². The van der Waals surface area contributed by atoms with Gasteiger partial charge >= 0.3 is 0 Å². The molecule has 1 aliphatic rings. The Labute approximate surface area is 148 Å². The monoisotopic (exact) mass is 343 g/mol. The molecule has 7 heteroatoms. The first-order valence-electron chi connectivity index (χ1n) is 8.63. The first-order chi connectivity index (χ1) is 11.9. The highest BCUT2D eigenvalue weighted by molar-refractivity contribution is 5.76. The van der Waals surface area contributed by atoms with Crippen LogP contribution in [0.3, 0.4) is 0 Å². The second-order valence-corrected chi connectivity index (χ2v) is 6.56. The summed E-state index contributed by atoms with van der Waals surface area (Å²) in [6.45, 7) is 7.55. The zero-order chi connectivity index (χ0) is 18.0. The Morgan fingerprint density at radius 1 is 1.32 bits per heavy atom. The molecular weight excluding hydrogens is 318 g/mol. The average molecular weight is 343 g/mol. The third-order valence-electron chi connectivity index (χ3n) is 4.68. The van der Waals surface area contributed by atoms with Crippen molar-refractivity contribution in [2.75, 3.05) is 19.7 Å². The summed E-state index contributed by atoms with van der Waals surface area (Å²) in [4.78, 5) is 23.3. The fraction of sp³-hybridized carbons (Fsp3) is 0.556. The van der Waals surface area contributed by atoms with Crippen molar-refractivity contribution in [2.24, 2.45) is 7.05 Å². The van der Waals surface area contributed by atoms with E-state index in [4.69, 9.17) is 4.74 Å². The van der Waals surface area contributed by atoms with E-state index in [1.165, 1.54) is 0 Å². The van der Waals surface area contributed by atoms with Gasteiger partial charge in [-0.05, 0) is 38.8 Å². The minimum atomic E-state index is -0.182. The lowest BCUT2D eigenvalue weighted by Crippen LogP contribution is -2.42. The van der Waals surface area contributed by atoms with Crippen molar-refractivity contribution in [2.45, 2.75) is 39.7 Å². The number of hydrogen-bond acceptors (Lipinski definition) is 5. The summed E-state index contributed by atoms with van der Waals surface area (Å²) in [7, 11) is 1.92. The molecule has 3 heterocycles. The molecule has 2 aromatic rings. The molecule has 134 valence electrons. The van der Waals surface area contributed by atoms with Gasteiger partial charge in [0.05, 0.1) is 25.0 Å². The van der Waals surface area contributed by atoms with Crippen molar-refractivity contribution in [1.29, 1.82) is 0 Å². The molecule has 0 N–H and O–H groups in total. The molecule has 2 aromatic heterocycles. The summed E-state index contributed by atoms with van der Waals surface area (Å²) in [5, 5.41) is 4.23. The molecule has 0 aromatic carbocycles. The summed E-state index contributed by atoms with van der Waals surface area (Å²) in [6.07, 6.45) is 2.86. The predicted molar refractivity (Wildman–Crippen MR) is 93.0 cm³/mol. The third-order valence-corrected chi connectivity index (χ3v) is 4.68. The lowest BCUT2D eigenvalue weighted by atomic mass is 10.1. The predicted octanol–water partition coefficient (Wildman–Crippen LogP) is 1.67. The molecule has 7 nitrogen and oxygen atoms in total. The minimum absolute atomic E-state index is 0.152. The van der Waals surface area contributed by atoms with Gasteiger partial charge in [-0.3, -0.25) is 9.48 Å². The van der Waals surface area contributed by atoms with E-state index in [0.717, 1.165) is 28.5 Å². The number of aryl methyl sites for hydroxylation is 4. The summed E-state index contributed by atoms with van der Waals surface area (Å²) < 4.78 is 7.68. The van der Waals surface area contributed by atoms with Crippen LogP contribution in [0.2, 0.25) is 0 Å². The molecule has 0 aliphatic carbocycles. The molecule has 1 amide bonds. The van der Waals surface area contributed by atoms with Crippen LogP contribution in [0.5, 0.6) is 0 Å². The van der Waals surface area contributed by atoms with E-state index in [0.29, 0.717) is 32.5 Å². The maximum Gasteiger partial charge on any atom is 0.223 e. The molecule has 3 rings (SSSR count). The highest BCUT2D eigenvalue weighted by atomic mass is 16.5. The fourth-order valence-electron chi connectivity index (χ4n) is 3.15. The summed E-state index contributed by atoms with van der Waals surface area (Å²) in [6, 6.07) is 1.94. The minimum Gasteiger partial charge on any atom is -0.368 e. The molecule has 0 spiro atoms. The average Bonchev–Trinajstić information content (AvgIpc) is 2.91. The standard InChI is InChI=1S/C18H25N5O2/c1-12-9-16(21-14(3)20-12)17-11-23(7-8-25-17)18(24)6-5-15-10-19-22(4)13(15)2/h9-10,17H,5-8,11H2,1-4H3/t17-/m0/s1. The van der Waals surface area contributed by atoms with Crippen LogP contribution in [-0.4, -0.2) is 50.3 Å². The first kappa shape index (κ1) is 17.5. The van der Waals surface area contributed by atoms with E-state index in [2.05, 4.69) is 15.1 Å². The van der Waals surface area contributed by atoms with Crippen LogP contribution in [0.4, 0.5) is 0 Å². The largest absolute Gasteiger partial charge is 0.368 e. The molecule has 1 saturated heterocycles. The number of hydrogen-bond donors (Lipinski definition) is 0. The number of rotatable bonds is 4. The van der Waals surface area contributed by atoms with E-state index >= 15 is 0 Å². The Balaban J connectivity index is 1.62. The van der Waals surface area contributed by atoms with Crippen LogP contribution < -0.4 is 0 Å². The highest BCUT2D eigenvalue weighted by Gasteiger charge is 2.26. The van der Waals surface area contributed by atoms with E-state index in [-0.39, 0.29) is 12.0 Å². The molecule has 0 radical (unpaired) electrons. The van der Waals surface area contributed by atoms with E-state index in [1.54, 1.807) is 0 Å². The fourth-order valence-corrected chi connectivity index (χ4v) is 3.15. The molecule has 0 unspecified atom stereocenters. The maximum atomic E-state index is 12.6. The van der Waals surface area contributed by atoms with Crippen molar-refractivity contribution >= 4 is 5.91 Å². The van der Waals surface area contributed by atoms with E-state index in [1.807, 2.05) is 49.7 Å². The van der Waals surface area contributed by atoms with Gasteiger partial charge in [0.1, 0.15) is 11.9 Å². The lowest BCUT2D eigenvalue weighted by molar-refractivity contribution is -0.139. The highest BCUT2D eigenvalue weighted by Crippen LogP contribution is 2.22. The molecule has 1 aliphatic heterocycles. The lowest BCUT2D eigenvalue weighted by Gasteiger charge is -2.33. The van der Waals surface area contributed by atoms with Crippen LogP contribution in [0.15, 0.2) is 12.3 Å².